The van der Waals surface area contributed by atoms with Crippen LogP contribution in [0.3, 0.4) is 0 Å². The van der Waals surface area contributed by atoms with Gasteiger partial charge in [-0.2, -0.15) is 18.9 Å². The SMILES string of the molecule is Cc1ccc(S(=O)(=O)N=C(C#N)C#N)cc1. The molecule has 6 heteroatoms. The van der Waals surface area contributed by atoms with E-state index in [9.17, 15) is 8.42 Å². The highest BCUT2D eigenvalue weighted by Crippen LogP contribution is 2.13. The normalized spacial score (nSPS) is 9.94. The van der Waals surface area contributed by atoms with Crippen molar-refractivity contribution in [2.45, 2.75) is 11.8 Å². The lowest BCUT2D eigenvalue weighted by Crippen LogP contribution is -2.01. The van der Waals surface area contributed by atoms with Crippen LogP contribution in [0.2, 0.25) is 0 Å². The summed E-state index contributed by atoms with van der Waals surface area (Å²) in [7, 11) is -3.96. The molecule has 0 aliphatic carbocycles. The molecule has 5 nitrogen and oxygen atoms in total. The highest BCUT2D eigenvalue weighted by molar-refractivity contribution is 7.90. The minimum Gasteiger partial charge on any atom is -0.199 e. The maximum Gasteiger partial charge on any atom is 0.284 e. The van der Waals surface area contributed by atoms with E-state index < -0.39 is 15.7 Å². The molecule has 0 radical (unpaired) electrons. The Hall–Kier alpha value is -2.18. The lowest BCUT2D eigenvalue weighted by molar-refractivity contribution is 0.598. The molecule has 0 spiro atoms. The van der Waals surface area contributed by atoms with Crippen LogP contribution in [0.4, 0.5) is 0 Å². The molecule has 0 amide bonds. The van der Waals surface area contributed by atoms with Gasteiger partial charge in [0.25, 0.3) is 10.0 Å². The maximum absolute atomic E-state index is 11.6. The van der Waals surface area contributed by atoms with Gasteiger partial charge in [0.2, 0.25) is 5.71 Å². The lowest BCUT2D eigenvalue weighted by Gasteiger charge is -1.98. The van der Waals surface area contributed by atoms with Crippen LogP contribution < -0.4 is 0 Å². The van der Waals surface area contributed by atoms with E-state index in [1.54, 1.807) is 12.1 Å². The summed E-state index contributed by atoms with van der Waals surface area (Å²) in [6, 6.07) is 8.77. The van der Waals surface area contributed by atoms with Gasteiger partial charge in [0.05, 0.1) is 4.90 Å². The van der Waals surface area contributed by atoms with Crippen molar-refractivity contribution in [2.24, 2.45) is 4.40 Å². The van der Waals surface area contributed by atoms with Crippen LogP contribution in [0.15, 0.2) is 33.6 Å². The molecule has 0 fully saturated rings. The first kappa shape index (κ1) is 11.9. The highest BCUT2D eigenvalue weighted by Gasteiger charge is 2.13. The van der Waals surface area contributed by atoms with Gasteiger partial charge in [-0.05, 0) is 19.1 Å². The van der Waals surface area contributed by atoms with Gasteiger partial charge in [0.1, 0.15) is 12.1 Å². The van der Waals surface area contributed by atoms with Gasteiger partial charge in [-0.1, -0.05) is 17.7 Å². The number of sulfonamides is 1. The molecule has 1 aromatic rings. The van der Waals surface area contributed by atoms with Gasteiger partial charge < -0.3 is 0 Å². The van der Waals surface area contributed by atoms with Crippen molar-refractivity contribution in [3.8, 4) is 12.1 Å². The van der Waals surface area contributed by atoms with E-state index in [4.69, 9.17) is 10.5 Å². The zero-order valence-electron chi connectivity index (χ0n) is 8.38. The van der Waals surface area contributed by atoms with Crippen molar-refractivity contribution in [1.82, 2.24) is 0 Å². The lowest BCUT2D eigenvalue weighted by atomic mass is 10.2. The summed E-state index contributed by atoms with van der Waals surface area (Å²) in [6.07, 6.45) is 0. The summed E-state index contributed by atoms with van der Waals surface area (Å²) >= 11 is 0. The predicted octanol–water partition coefficient (Wildman–Crippen LogP) is 1.17. The molecule has 0 aliphatic heterocycles. The average molecular weight is 233 g/mol. The van der Waals surface area contributed by atoms with Gasteiger partial charge in [-0.15, -0.1) is 4.40 Å². The van der Waals surface area contributed by atoms with E-state index in [-0.39, 0.29) is 4.90 Å². The van der Waals surface area contributed by atoms with Crippen molar-refractivity contribution in [1.29, 1.82) is 10.5 Å². The Balaban J connectivity index is 3.25. The van der Waals surface area contributed by atoms with Crippen LogP contribution in [0.5, 0.6) is 0 Å². The highest BCUT2D eigenvalue weighted by atomic mass is 32.2. The topological polar surface area (TPSA) is 94.1 Å². The molecule has 0 atom stereocenters. The largest absolute Gasteiger partial charge is 0.284 e. The van der Waals surface area contributed by atoms with Crippen LogP contribution in [-0.2, 0) is 10.0 Å². The number of aryl methyl sites for hydroxylation is 1. The van der Waals surface area contributed by atoms with E-state index >= 15 is 0 Å². The summed E-state index contributed by atoms with van der Waals surface area (Å²) in [6.45, 7) is 1.82. The smallest absolute Gasteiger partial charge is 0.199 e. The van der Waals surface area contributed by atoms with E-state index in [2.05, 4.69) is 4.40 Å². The molecule has 1 rings (SSSR count). The molecule has 0 saturated heterocycles. The molecule has 0 aliphatic rings. The van der Waals surface area contributed by atoms with Crippen molar-refractivity contribution < 1.29 is 8.42 Å². The fourth-order valence-electron chi connectivity index (χ4n) is 0.949. The molecule has 0 N–H and O–H groups in total. The Morgan fingerprint density at radius 2 is 1.69 bits per heavy atom. The van der Waals surface area contributed by atoms with Gasteiger partial charge >= 0.3 is 0 Å². The molecular weight excluding hydrogens is 226 g/mol. The van der Waals surface area contributed by atoms with Crippen molar-refractivity contribution >= 4 is 15.7 Å². The third kappa shape index (κ3) is 2.66. The number of benzene rings is 1. The van der Waals surface area contributed by atoms with Crippen LogP contribution in [0.25, 0.3) is 0 Å². The van der Waals surface area contributed by atoms with Crippen LogP contribution >= 0.6 is 0 Å². The predicted molar refractivity (Wildman–Crippen MR) is 57.0 cm³/mol. The van der Waals surface area contributed by atoms with E-state index in [1.807, 2.05) is 6.92 Å². The fraction of sp³-hybridized carbons (Fsp3) is 0.100. The zero-order valence-corrected chi connectivity index (χ0v) is 9.19. The molecule has 0 saturated carbocycles. The molecule has 0 heterocycles. The second-order valence-electron chi connectivity index (χ2n) is 2.95. The molecule has 80 valence electrons. The first-order valence-corrected chi connectivity index (χ1v) is 5.65. The fourth-order valence-corrected chi connectivity index (χ4v) is 1.86. The van der Waals surface area contributed by atoms with Crippen LogP contribution in [0.1, 0.15) is 5.56 Å². The number of nitrogens with zero attached hydrogens (tertiary/aromatic N) is 3. The molecule has 1 aromatic carbocycles. The van der Waals surface area contributed by atoms with Crippen LogP contribution in [0, 0.1) is 29.6 Å². The third-order valence-electron chi connectivity index (χ3n) is 1.74. The van der Waals surface area contributed by atoms with Gasteiger partial charge in [0, 0.05) is 0 Å². The number of nitriles is 2. The summed E-state index contributed by atoms with van der Waals surface area (Å²) in [5.74, 6) is 0. The Labute approximate surface area is 93.3 Å². The van der Waals surface area contributed by atoms with E-state index in [1.165, 1.54) is 24.3 Å². The summed E-state index contributed by atoms with van der Waals surface area (Å²) in [4.78, 5) is -0.0406. The summed E-state index contributed by atoms with van der Waals surface area (Å²) < 4.78 is 26.3. The minimum absolute atomic E-state index is 0.0406. The summed E-state index contributed by atoms with van der Waals surface area (Å²) in [5.41, 5.74) is 0.226. The molecule has 16 heavy (non-hydrogen) atoms. The quantitative estimate of drug-likeness (QED) is 0.716. The van der Waals surface area contributed by atoms with Crippen molar-refractivity contribution in [2.75, 3.05) is 0 Å². The van der Waals surface area contributed by atoms with Gasteiger partial charge in [0.15, 0.2) is 0 Å². The van der Waals surface area contributed by atoms with Crippen molar-refractivity contribution in [3.05, 3.63) is 29.8 Å². The number of rotatable bonds is 2. The van der Waals surface area contributed by atoms with Gasteiger partial charge in [-0.25, -0.2) is 0 Å². The molecule has 0 aromatic heterocycles. The molecular formula is C10H7N3O2S. The second kappa shape index (κ2) is 4.56. The molecule has 0 unspecified atom stereocenters. The summed E-state index contributed by atoms with van der Waals surface area (Å²) in [5, 5.41) is 16.8. The van der Waals surface area contributed by atoms with E-state index in [0.717, 1.165) is 5.56 Å². The average Bonchev–Trinajstić information content (AvgIpc) is 2.26. The number of hydrogen-bond acceptors (Lipinski definition) is 4. The monoisotopic (exact) mass is 233 g/mol. The first-order chi connectivity index (χ1) is 7.49. The molecule has 0 bridgehead atoms. The zero-order chi connectivity index (χ0) is 12.2. The first-order valence-electron chi connectivity index (χ1n) is 4.21. The van der Waals surface area contributed by atoms with Crippen LogP contribution in [-0.4, -0.2) is 14.1 Å². The Morgan fingerprint density at radius 1 is 1.19 bits per heavy atom. The Kier molecular flexibility index (Phi) is 3.39. The minimum atomic E-state index is -3.96. The Morgan fingerprint density at radius 3 is 2.12 bits per heavy atom. The standard InChI is InChI=1S/C10H7N3O2S/c1-8-2-4-10(5-3-8)16(14,15)13-9(6-11)7-12/h2-5H,1H3. The third-order valence-corrected chi connectivity index (χ3v) is 3.03. The number of hydrogen-bond donors (Lipinski definition) is 0. The van der Waals surface area contributed by atoms with Crippen molar-refractivity contribution in [3.63, 3.8) is 0 Å². The second-order valence-corrected chi connectivity index (χ2v) is 4.56. The van der Waals surface area contributed by atoms with E-state index in [0.29, 0.717) is 0 Å². The maximum atomic E-state index is 11.6. The Bertz CT molecular complexity index is 585. The van der Waals surface area contributed by atoms with Gasteiger partial charge in [-0.3, -0.25) is 0 Å².